The Morgan fingerprint density at radius 1 is 1.42 bits per heavy atom. The van der Waals surface area contributed by atoms with Crippen molar-refractivity contribution in [2.45, 2.75) is 59.1 Å². The van der Waals surface area contributed by atoms with Gasteiger partial charge in [-0.1, -0.05) is 20.8 Å². The summed E-state index contributed by atoms with van der Waals surface area (Å²) in [7, 11) is 0. The number of carbonyl (C=O) groups excluding carboxylic acids is 1. The first-order valence-electron chi connectivity index (χ1n) is 7.48. The Labute approximate surface area is 116 Å². The van der Waals surface area contributed by atoms with E-state index >= 15 is 0 Å². The predicted molar refractivity (Wildman–Crippen MR) is 75.6 cm³/mol. The van der Waals surface area contributed by atoms with Crippen molar-refractivity contribution in [2.75, 3.05) is 13.2 Å². The summed E-state index contributed by atoms with van der Waals surface area (Å²) in [6.07, 6.45) is 3.04. The second-order valence-electron chi connectivity index (χ2n) is 7.02. The standard InChI is InChI=1S/C15H28N2O2/c1-5-19-12-6-11(14(12,3)4)17-13(18)15(9-16)7-10(2)8-15/h10-12H,5-9,16H2,1-4H3,(H,17,18). The highest BCUT2D eigenvalue weighted by molar-refractivity contribution is 5.84. The van der Waals surface area contributed by atoms with E-state index in [-0.39, 0.29) is 28.9 Å². The molecule has 0 aromatic carbocycles. The average Bonchev–Trinajstić information content (AvgIpc) is 2.33. The molecule has 0 heterocycles. The first-order chi connectivity index (χ1) is 8.85. The Balaban J connectivity index is 1.91. The Morgan fingerprint density at radius 2 is 2.05 bits per heavy atom. The zero-order chi connectivity index (χ0) is 14.3. The molecule has 2 atom stereocenters. The van der Waals surface area contributed by atoms with Crippen molar-refractivity contribution in [3.8, 4) is 0 Å². The van der Waals surface area contributed by atoms with Crippen LogP contribution in [0.25, 0.3) is 0 Å². The summed E-state index contributed by atoms with van der Waals surface area (Å²) in [6.45, 7) is 9.73. The van der Waals surface area contributed by atoms with Gasteiger partial charge in [-0.25, -0.2) is 0 Å². The van der Waals surface area contributed by atoms with E-state index in [1.165, 1.54) is 0 Å². The number of ether oxygens (including phenoxy) is 1. The van der Waals surface area contributed by atoms with Gasteiger partial charge in [-0.15, -0.1) is 0 Å². The van der Waals surface area contributed by atoms with Gasteiger partial charge in [-0.3, -0.25) is 4.79 Å². The molecular weight excluding hydrogens is 240 g/mol. The average molecular weight is 268 g/mol. The van der Waals surface area contributed by atoms with Gasteiger partial charge >= 0.3 is 0 Å². The van der Waals surface area contributed by atoms with Crippen molar-refractivity contribution >= 4 is 5.91 Å². The van der Waals surface area contributed by atoms with Crippen LogP contribution in [0.1, 0.15) is 47.0 Å². The van der Waals surface area contributed by atoms with Crippen molar-refractivity contribution in [2.24, 2.45) is 22.5 Å². The first-order valence-corrected chi connectivity index (χ1v) is 7.48. The van der Waals surface area contributed by atoms with Crippen LogP contribution in [-0.2, 0) is 9.53 Å². The van der Waals surface area contributed by atoms with Crippen LogP contribution in [-0.4, -0.2) is 31.2 Å². The van der Waals surface area contributed by atoms with Crippen LogP contribution in [0.4, 0.5) is 0 Å². The Bertz CT molecular complexity index is 348. The molecular formula is C15H28N2O2. The lowest BCUT2D eigenvalue weighted by atomic mass is 9.60. The maximum atomic E-state index is 12.4. The van der Waals surface area contributed by atoms with Crippen molar-refractivity contribution in [3.05, 3.63) is 0 Å². The summed E-state index contributed by atoms with van der Waals surface area (Å²) in [5.74, 6) is 0.779. The highest BCUT2D eigenvalue weighted by Gasteiger charge is 2.53. The molecule has 110 valence electrons. The van der Waals surface area contributed by atoms with Crippen LogP contribution < -0.4 is 11.1 Å². The molecule has 0 aromatic rings. The Morgan fingerprint density at radius 3 is 2.47 bits per heavy atom. The predicted octanol–water partition coefficient (Wildman–Crippen LogP) is 1.68. The Kier molecular flexibility index (Phi) is 3.94. The van der Waals surface area contributed by atoms with Crippen LogP contribution >= 0.6 is 0 Å². The lowest BCUT2D eigenvalue weighted by molar-refractivity contribution is -0.150. The SMILES string of the molecule is CCOC1CC(NC(=O)C2(CN)CC(C)C2)C1(C)C. The molecule has 2 aliphatic rings. The molecule has 1 amide bonds. The molecule has 0 radical (unpaired) electrons. The van der Waals surface area contributed by atoms with Crippen molar-refractivity contribution < 1.29 is 9.53 Å². The quantitative estimate of drug-likeness (QED) is 0.797. The Hall–Kier alpha value is -0.610. The lowest BCUT2D eigenvalue weighted by Crippen LogP contribution is -2.65. The van der Waals surface area contributed by atoms with Gasteiger partial charge in [0, 0.05) is 24.6 Å². The molecule has 0 aliphatic heterocycles. The van der Waals surface area contributed by atoms with E-state index < -0.39 is 0 Å². The summed E-state index contributed by atoms with van der Waals surface area (Å²) >= 11 is 0. The first kappa shape index (κ1) is 14.8. The van der Waals surface area contributed by atoms with E-state index in [1.807, 2.05) is 6.92 Å². The highest BCUT2D eigenvalue weighted by Crippen LogP contribution is 2.47. The number of nitrogens with one attached hydrogen (secondary N) is 1. The van der Waals surface area contributed by atoms with Crippen LogP contribution in [0.5, 0.6) is 0 Å². The molecule has 2 fully saturated rings. The van der Waals surface area contributed by atoms with Gasteiger partial charge in [0.15, 0.2) is 0 Å². The summed E-state index contributed by atoms with van der Waals surface area (Å²) in [4.78, 5) is 12.4. The number of hydrogen-bond donors (Lipinski definition) is 2. The molecule has 2 aliphatic carbocycles. The van der Waals surface area contributed by atoms with E-state index in [4.69, 9.17) is 10.5 Å². The van der Waals surface area contributed by atoms with Gasteiger partial charge in [-0.2, -0.15) is 0 Å². The molecule has 0 aromatic heterocycles. The monoisotopic (exact) mass is 268 g/mol. The molecule has 2 unspecified atom stereocenters. The highest BCUT2D eigenvalue weighted by atomic mass is 16.5. The number of amides is 1. The maximum Gasteiger partial charge on any atom is 0.227 e. The molecule has 4 heteroatoms. The van der Waals surface area contributed by atoms with Crippen molar-refractivity contribution in [1.82, 2.24) is 5.32 Å². The minimum atomic E-state index is -0.299. The molecule has 2 saturated carbocycles. The zero-order valence-corrected chi connectivity index (χ0v) is 12.7. The number of nitrogens with two attached hydrogens (primary N) is 1. The van der Waals surface area contributed by atoms with E-state index in [1.54, 1.807) is 0 Å². The second kappa shape index (κ2) is 5.06. The number of rotatable bonds is 5. The third kappa shape index (κ3) is 2.40. The lowest BCUT2D eigenvalue weighted by Gasteiger charge is -2.53. The fourth-order valence-electron chi connectivity index (χ4n) is 3.64. The normalized spacial score (nSPS) is 40.2. The van der Waals surface area contributed by atoms with Gasteiger partial charge in [0.2, 0.25) is 5.91 Å². The molecule has 0 spiro atoms. The van der Waals surface area contributed by atoms with E-state index in [9.17, 15) is 4.79 Å². The van der Waals surface area contributed by atoms with Gasteiger partial charge in [-0.05, 0) is 32.1 Å². The van der Waals surface area contributed by atoms with Crippen LogP contribution in [0.3, 0.4) is 0 Å². The van der Waals surface area contributed by atoms with Crippen molar-refractivity contribution in [1.29, 1.82) is 0 Å². The molecule has 0 bridgehead atoms. The molecule has 3 N–H and O–H groups in total. The van der Waals surface area contributed by atoms with Gasteiger partial charge in [0.1, 0.15) is 0 Å². The van der Waals surface area contributed by atoms with Gasteiger partial charge in [0.25, 0.3) is 0 Å². The second-order valence-corrected chi connectivity index (χ2v) is 7.02. The largest absolute Gasteiger partial charge is 0.378 e. The topological polar surface area (TPSA) is 64.3 Å². The van der Waals surface area contributed by atoms with Gasteiger partial charge < -0.3 is 15.8 Å². The summed E-state index contributed by atoms with van der Waals surface area (Å²) < 4.78 is 5.70. The molecule has 19 heavy (non-hydrogen) atoms. The van der Waals surface area contributed by atoms with E-state index in [0.29, 0.717) is 12.5 Å². The van der Waals surface area contributed by atoms with Gasteiger partial charge in [0.05, 0.1) is 11.5 Å². The minimum Gasteiger partial charge on any atom is -0.378 e. The summed E-state index contributed by atoms with van der Waals surface area (Å²) in [5, 5.41) is 3.21. The van der Waals surface area contributed by atoms with Crippen molar-refractivity contribution in [3.63, 3.8) is 0 Å². The fourth-order valence-corrected chi connectivity index (χ4v) is 3.64. The molecule has 4 nitrogen and oxygen atoms in total. The number of carbonyl (C=O) groups is 1. The summed E-state index contributed by atoms with van der Waals surface area (Å²) in [6, 6.07) is 0.218. The third-order valence-corrected chi connectivity index (χ3v) is 5.20. The third-order valence-electron chi connectivity index (χ3n) is 5.20. The molecule has 2 rings (SSSR count). The number of hydrogen-bond acceptors (Lipinski definition) is 3. The minimum absolute atomic E-state index is 0.0246. The maximum absolute atomic E-state index is 12.4. The zero-order valence-electron chi connectivity index (χ0n) is 12.7. The van der Waals surface area contributed by atoms with Crippen LogP contribution in [0.2, 0.25) is 0 Å². The van der Waals surface area contributed by atoms with Crippen LogP contribution in [0, 0.1) is 16.7 Å². The van der Waals surface area contributed by atoms with Crippen LogP contribution in [0.15, 0.2) is 0 Å². The fraction of sp³-hybridized carbons (Fsp3) is 0.933. The summed E-state index contributed by atoms with van der Waals surface area (Å²) in [5.41, 5.74) is 5.55. The van der Waals surface area contributed by atoms with E-state index in [0.717, 1.165) is 25.9 Å². The smallest absolute Gasteiger partial charge is 0.227 e. The molecule has 0 saturated heterocycles. The van der Waals surface area contributed by atoms with E-state index in [2.05, 4.69) is 26.1 Å².